The molecule has 2 heterocycles. The van der Waals surface area contributed by atoms with Gasteiger partial charge in [0.25, 0.3) is 0 Å². The summed E-state index contributed by atoms with van der Waals surface area (Å²) in [6.45, 7) is 1.04. The van der Waals surface area contributed by atoms with Crippen LogP contribution in [0.3, 0.4) is 0 Å². The summed E-state index contributed by atoms with van der Waals surface area (Å²) in [5.74, 6) is -1.43. The molecule has 0 bridgehead atoms. The third-order valence-corrected chi connectivity index (χ3v) is 5.75. The Balaban J connectivity index is 1.70. The van der Waals surface area contributed by atoms with Gasteiger partial charge < -0.3 is 15.0 Å². The quantitative estimate of drug-likeness (QED) is 0.782. The van der Waals surface area contributed by atoms with E-state index in [0.717, 1.165) is 29.1 Å². The first-order valence-electron chi connectivity index (χ1n) is 8.53. The molecule has 1 aliphatic carbocycles. The van der Waals surface area contributed by atoms with Crippen LogP contribution in [0.2, 0.25) is 0 Å². The first kappa shape index (κ1) is 18.6. The molecule has 28 heavy (non-hydrogen) atoms. The maximum Gasteiger partial charge on any atom is 0.238 e. The largest absolute Gasteiger partial charge is 0.481 e. The van der Waals surface area contributed by atoms with E-state index in [2.05, 4.69) is 10.3 Å². The number of sulfonamides is 1. The molecule has 3 aliphatic rings. The van der Waals surface area contributed by atoms with Crippen molar-refractivity contribution in [3.63, 3.8) is 0 Å². The second-order valence-electron chi connectivity index (χ2n) is 6.60. The second-order valence-corrected chi connectivity index (χ2v) is 8.16. The summed E-state index contributed by atoms with van der Waals surface area (Å²) in [6.07, 6.45) is 5.62. The number of nitrogens with two attached hydrogens (primary N) is 1. The average Bonchev–Trinajstić information content (AvgIpc) is 3.07. The number of nitrogens with one attached hydrogen (secondary N) is 1. The molecule has 1 unspecified atom stereocenters. The Kier molecular flexibility index (Phi) is 4.47. The molecule has 10 heteroatoms. The molecule has 0 saturated heterocycles. The van der Waals surface area contributed by atoms with E-state index >= 15 is 0 Å². The lowest BCUT2D eigenvalue weighted by Gasteiger charge is -2.37. The number of methoxy groups -OCH3 is 1. The van der Waals surface area contributed by atoms with Crippen molar-refractivity contribution in [1.29, 1.82) is 0 Å². The van der Waals surface area contributed by atoms with E-state index in [9.17, 15) is 17.2 Å². The van der Waals surface area contributed by atoms with E-state index < -0.39 is 26.6 Å². The summed E-state index contributed by atoms with van der Waals surface area (Å²) in [5.41, 5.74) is 2.29. The third-order valence-electron chi connectivity index (χ3n) is 4.85. The molecule has 148 valence electrons. The Bertz CT molecular complexity index is 1050. The zero-order chi connectivity index (χ0) is 20.1. The minimum Gasteiger partial charge on any atom is -0.481 e. The number of ether oxygens (including phenoxy) is 1. The van der Waals surface area contributed by atoms with Gasteiger partial charge in [0.1, 0.15) is 11.6 Å². The Morgan fingerprint density at radius 3 is 2.71 bits per heavy atom. The highest BCUT2D eigenvalue weighted by atomic mass is 32.2. The van der Waals surface area contributed by atoms with Crippen molar-refractivity contribution in [2.75, 3.05) is 20.2 Å². The number of halogens is 2. The molecule has 0 spiro atoms. The summed E-state index contributed by atoms with van der Waals surface area (Å²) >= 11 is 0. The fraction of sp³-hybridized carbons (Fsp3) is 0.278. The Morgan fingerprint density at radius 2 is 2.07 bits per heavy atom. The fourth-order valence-electron chi connectivity index (χ4n) is 3.53. The Morgan fingerprint density at radius 1 is 1.36 bits per heavy atom. The van der Waals surface area contributed by atoms with E-state index in [-0.39, 0.29) is 18.2 Å². The van der Waals surface area contributed by atoms with Crippen LogP contribution in [0.25, 0.3) is 0 Å². The number of nitrogens with zero attached hydrogens (tertiary/aromatic N) is 2. The molecule has 1 aromatic rings. The number of hydrogen-bond donors (Lipinski definition) is 2. The van der Waals surface area contributed by atoms with E-state index in [1.54, 1.807) is 6.08 Å². The van der Waals surface area contributed by atoms with Gasteiger partial charge in [-0.3, -0.25) is 0 Å². The van der Waals surface area contributed by atoms with Crippen LogP contribution in [0, 0.1) is 11.6 Å². The van der Waals surface area contributed by atoms with E-state index in [4.69, 9.17) is 9.88 Å². The number of fused-ring (bicyclic) bond motifs is 2. The molecule has 3 N–H and O–H groups in total. The van der Waals surface area contributed by atoms with Gasteiger partial charge in [0, 0.05) is 36.8 Å². The van der Waals surface area contributed by atoms with Crippen LogP contribution in [0.5, 0.6) is 0 Å². The number of primary sulfonamides is 1. The van der Waals surface area contributed by atoms with Crippen LogP contribution in [0.1, 0.15) is 5.56 Å². The highest BCUT2D eigenvalue weighted by molar-refractivity contribution is 7.89. The van der Waals surface area contributed by atoms with Crippen LogP contribution in [0.4, 0.5) is 8.78 Å². The molecule has 0 amide bonds. The maximum absolute atomic E-state index is 14.5. The normalized spacial score (nSPS) is 21.0. The number of allylic oxidation sites excluding steroid dienone is 1. The first-order chi connectivity index (χ1) is 13.3. The van der Waals surface area contributed by atoms with Crippen molar-refractivity contribution >= 4 is 15.9 Å². The Hall–Kier alpha value is -2.72. The molecule has 0 radical (unpaired) electrons. The van der Waals surface area contributed by atoms with Gasteiger partial charge >= 0.3 is 0 Å². The lowest BCUT2D eigenvalue weighted by molar-refractivity contribution is 0.306. The monoisotopic (exact) mass is 408 g/mol. The SMILES string of the molecule is COC1=NC2C=CC3=C(C2=C1)N(Cc1c(F)cc(S(N)(=O)=O)cc1F)CCN3. The number of benzene rings is 1. The summed E-state index contributed by atoms with van der Waals surface area (Å²) < 4.78 is 57.0. The van der Waals surface area contributed by atoms with Crippen molar-refractivity contribution in [3.8, 4) is 0 Å². The summed E-state index contributed by atoms with van der Waals surface area (Å²) in [6, 6.07) is 1.28. The summed E-state index contributed by atoms with van der Waals surface area (Å²) in [7, 11) is -2.67. The van der Waals surface area contributed by atoms with Gasteiger partial charge in [0.15, 0.2) is 0 Å². The minimum atomic E-state index is -4.20. The molecule has 0 aromatic heterocycles. The van der Waals surface area contributed by atoms with Gasteiger partial charge in [0.2, 0.25) is 15.9 Å². The molecule has 7 nitrogen and oxygen atoms in total. The fourth-order valence-corrected chi connectivity index (χ4v) is 4.06. The number of hydrogen-bond acceptors (Lipinski definition) is 6. The first-order valence-corrected chi connectivity index (χ1v) is 10.1. The van der Waals surface area contributed by atoms with E-state index in [1.807, 2.05) is 17.1 Å². The van der Waals surface area contributed by atoms with E-state index in [1.165, 1.54) is 7.11 Å². The lowest BCUT2D eigenvalue weighted by Crippen LogP contribution is -2.41. The van der Waals surface area contributed by atoms with Crippen molar-refractivity contribution in [1.82, 2.24) is 10.2 Å². The summed E-state index contributed by atoms with van der Waals surface area (Å²) in [4.78, 5) is 5.69. The molecular formula is C18H18F2N4O3S. The standard InChI is InChI=1S/C18H18F2N4O3S/c1-27-17-8-11-15(23-17)2-3-16-18(11)24(5-4-22-16)9-12-13(19)6-10(7-14(12)20)28(21,25)26/h2-3,6-8,15,22H,4-5,9H2,1H3,(H2,21,25,26). The zero-order valence-corrected chi connectivity index (χ0v) is 15.8. The molecule has 0 saturated carbocycles. The van der Waals surface area contributed by atoms with Gasteiger partial charge in [0.05, 0.1) is 29.4 Å². The smallest absolute Gasteiger partial charge is 0.238 e. The zero-order valence-electron chi connectivity index (χ0n) is 14.9. The third kappa shape index (κ3) is 3.18. The second kappa shape index (κ2) is 6.71. The van der Waals surface area contributed by atoms with Crippen molar-refractivity contribution in [3.05, 3.63) is 64.5 Å². The van der Waals surface area contributed by atoms with Crippen LogP contribution < -0.4 is 10.5 Å². The molecule has 4 rings (SSSR count). The average molecular weight is 408 g/mol. The highest BCUT2D eigenvalue weighted by Crippen LogP contribution is 2.35. The Labute approximate surface area is 160 Å². The van der Waals surface area contributed by atoms with Gasteiger partial charge in [-0.15, -0.1) is 0 Å². The predicted molar refractivity (Wildman–Crippen MR) is 98.6 cm³/mol. The number of rotatable bonds is 3. The van der Waals surface area contributed by atoms with Gasteiger partial charge in [-0.1, -0.05) is 6.08 Å². The van der Waals surface area contributed by atoms with Crippen LogP contribution in [-0.2, 0) is 21.3 Å². The topological polar surface area (TPSA) is 97.0 Å². The maximum atomic E-state index is 14.5. The van der Waals surface area contributed by atoms with Crippen molar-refractivity contribution < 1.29 is 21.9 Å². The van der Waals surface area contributed by atoms with Gasteiger partial charge in [-0.05, 0) is 18.2 Å². The molecule has 1 aromatic carbocycles. The molecule has 1 atom stereocenters. The van der Waals surface area contributed by atoms with E-state index in [0.29, 0.717) is 19.0 Å². The van der Waals surface area contributed by atoms with Crippen LogP contribution in [-0.4, -0.2) is 45.5 Å². The van der Waals surface area contributed by atoms with Gasteiger partial charge in [-0.2, -0.15) is 0 Å². The predicted octanol–water partition coefficient (Wildman–Crippen LogP) is 1.15. The highest BCUT2D eigenvalue weighted by Gasteiger charge is 2.33. The lowest BCUT2D eigenvalue weighted by atomic mass is 9.95. The molecule has 0 fully saturated rings. The van der Waals surface area contributed by atoms with Crippen LogP contribution in [0.15, 0.2) is 57.2 Å². The molecule has 2 aliphatic heterocycles. The van der Waals surface area contributed by atoms with Crippen molar-refractivity contribution in [2.24, 2.45) is 10.1 Å². The molecular weight excluding hydrogens is 390 g/mol. The van der Waals surface area contributed by atoms with Gasteiger partial charge in [-0.25, -0.2) is 27.3 Å². The van der Waals surface area contributed by atoms with Crippen LogP contribution >= 0.6 is 0 Å². The summed E-state index contributed by atoms with van der Waals surface area (Å²) in [5, 5.41) is 8.25. The number of aliphatic imine (C=N–C) groups is 1. The van der Waals surface area contributed by atoms with Crippen molar-refractivity contribution in [2.45, 2.75) is 17.5 Å². The minimum absolute atomic E-state index is 0.0662.